The molecule has 0 aliphatic carbocycles. The Morgan fingerprint density at radius 3 is 2.60 bits per heavy atom. The second-order valence-electron chi connectivity index (χ2n) is 5.08. The van der Waals surface area contributed by atoms with Crippen LogP contribution in [-0.4, -0.2) is 38.9 Å². The van der Waals surface area contributed by atoms with Crippen molar-refractivity contribution in [3.05, 3.63) is 29.8 Å². The molecule has 1 amide bonds. The Morgan fingerprint density at radius 2 is 1.95 bits per heavy atom. The number of hydrogen-bond donors (Lipinski definition) is 1. The Morgan fingerprint density at radius 1 is 1.25 bits per heavy atom. The number of nitrogens with zero attached hydrogens (tertiary/aromatic N) is 1. The minimum atomic E-state index is -3.61. The number of aryl methyl sites for hydroxylation is 1. The molecule has 1 aliphatic rings. The molecule has 1 saturated heterocycles. The summed E-state index contributed by atoms with van der Waals surface area (Å²) in [6.45, 7) is 3.12. The van der Waals surface area contributed by atoms with Crippen LogP contribution in [0, 0.1) is 6.92 Å². The van der Waals surface area contributed by atoms with E-state index in [0.29, 0.717) is 0 Å². The topological polar surface area (TPSA) is 66.5 Å². The van der Waals surface area contributed by atoms with Gasteiger partial charge in [0.25, 0.3) is 0 Å². The van der Waals surface area contributed by atoms with Crippen molar-refractivity contribution in [2.24, 2.45) is 0 Å². The van der Waals surface area contributed by atoms with E-state index in [1.807, 2.05) is 13.0 Å². The van der Waals surface area contributed by atoms with Gasteiger partial charge in [0.05, 0.1) is 11.4 Å². The van der Waals surface area contributed by atoms with Crippen LogP contribution >= 0.6 is 0 Å². The summed E-state index contributed by atoms with van der Waals surface area (Å²) in [5, 5.41) is 0. The van der Waals surface area contributed by atoms with Crippen molar-refractivity contribution >= 4 is 15.9 Å². The first kappa shape index (κ1) is 15.0. The zero-order valence-corrected chi connectivity index (χ0v) is 12.4. The lowest BCUT2D eigenvalue weighted by atomic mass is 10.1. The first-order chi connectivity index (χ1) is 9.49. The van der Waals surface area contributed by atoms with E-state index in [9.17, 15) is 13.2 Å². The molecule has 1 fully saturated rings. The van der Waals surface area contributed by atoms with Gasteiger partial charge >= 0.3 is 0 Å². The van der Waals surface area contributed by atoms with Crippen LogP contribution in [-0.2, 0) is 14.8 Å². The maximum absolute atomic E-state index is 12.1. The van der Waals surface area contributed by atoms with Gasteiger partial charge in [0, 0.05) is 13.1 Å². The summed E-state index contributed by atoms with van der Waals surface area (Å²) in [5.41, 5.74) is 0.871. The highest BCUT2D eigenvalue weighted by molar-refractivity contribution is 7.89. The Balaban J connectivity index is 1.97. The second kappa shape index (κ2) is 6.37. The summed E-state index contributed by atoms with van der Waals surface area (Å²) in [5.74, 6) is -0.152. The van der Waals surface area contributed by atoms with Gasteiger partial charge in [-0.15, -0.1) is 0 Å². The highest BCUT2D eigenvalue weighted by Gasteiger charge is 2.20. The van der Waals surface area contributed by atoms with E-state index in [1.165, 1.54) is 6.07 Å². The average Bonchev–Trinajstić information content (AvgIpc) is 2.46. The van der Waals surface area contributed by atoms with Crippen molar-refractivity contribution in [1.82, 2.24) is 9.62 Å². The zero-order chi connectivity index (χ0) is 14.6. The zero-order valence-electron chi connectivity index (χ0n) is 11.6. The van der Waals surface area contributed by atoms with E-state index in [0.717, 1.165) is 37.9 Å². The lowest BCUT2D eigenvalue weighted by molar-refractivity contribution is -0.130. The van der Waals surface area contributed by atoms with Gasteiger partial charge in [-0.05, 0) is 43.9 Å². The first-order valence-electron chi connectivity index (χ1n) is 6.83. The normalized spacial score (nSPS) is 16.1. The molecular weight excluding hydrogens is 276 g/mol. The van der Waals surface area contributed by atoms with Gasteiger partial charge in [0.15, 0.2) is 0 Å². The van der Waals surface area contributed by atoms with Crippen LogP contribution in [0.3, 0.4) is 0 Å². The number of amides is 1. The van der Waals surface area contributed by atoms with Crippen LogP contribution in [0.2, 0.25) is 0 Å². The van der Waals surface area contributed by atoms with Gasteiger partial charge in [-0.3, -0.25) is 4.79 Å². The summed E-state index contributed by atoms with van der Waals surface area (Å²) >= 11 is 0. The number of rotatable bonds is 4. The van der Waals surface area contributed by atoms with Crippen molar-refractivity contribution in [2.45, 2.75) is 31.1 Å². The van der Waals surface area contributed by atoms with Crippen molar-refractivity contribution in [2.75, 3.05) is 19.6 Å². The van der Waals surface area contributed by atoms with Gasteiger partial charge in [-0.25, -0.2) is 13.1 Å². The van der Waals surface area contributed by atoms with Gasteiger partial charge < -0.3 is 4.90 Å². The minimum Gasteiger partial charge on any atom is -0.342 e. The molecule has 0 saturated carbocycles. The van der Waals surface area contributed by atoms with Crippen LogP contribution < -0.4 is 4.72 Å². The highest BCUT2D eigenvalue weighted by atomic mass is 32.2. The van der Waals surface area contributed by atoms with E-state index in [-0.39, 0.29) is 17.3 Å². The van der Waals surface area contributed by atoms with Crippen LogP contribution in [0.1, 0.15) is 24.8 Å². The Kier molecular flexibility index (Phi) is 4.77. The molecule has 110 valence electrons. The number of carbonyl (C=O) groups is 1. The van der Waals surface area contributed by atoms with E-state index in [4.69, 9.17) is 0 Å². The third-order valence-electron chi connectivity index (χ3n) is 3.42. The number of nitrogens with one attached hydrogen (secondary N) is 1. The molecule has 1 N–H and O–H groups in total. The van der Waals surface area contributed by atoms with E-state index < -0.39 is 10.0 Å². The molecule has 0 bridgehead atoms. The number of sulfonamides is 1. The van der Waals surface area contributed by atoms with Gasteiger partial charge in [-0.1, -0.05) is 12.1 Å². The first-order valence-corrected chi connectivity index (χ1v) is 8.31. The SMILES string of the molecule is Cc1cccc(S(=O)(=O)NCC(=O)N2CCCCC2)c1. The minimum absolute atomic E-state index is 0.152. The number of piperidine rings is 1. The smallest absolute Gasteiger partial charge is 0.241 e. The molecular formula is C14H20N2O3S. The van der Waals surface area contributed by atoms with Crippen molar-refractivity contribution in [3.63, 3.8) is 0 Å². The molecule has 1 aromatic rings. The number of hydrogen-bond acceptors (Lipinski definition) is 3. The van der Waals surface area contributed by atoms with Crippen LogP contribution in [0.4, 0.5) is 0 Å². The third-order valence-corrected chi connectivity index (χ3v) is 4.82. The molecule has 0 unspecified atom stereocenters. The van der Waals surface area contributed by atoms with Gasteiger partial charge in [-0.2, -0.15) is 0 Å². The Hall–Kier alpha value is -1.40. The quantitative estimate of drug-likeness (QED) is 0.910. The molecule has 2 rings (SSSR count). The fourth-order valence-corrected chi connectivity index (χ4v) is 3.36. The van der Waals surface area contributed by atoms with Crippen molar-refractivity contribution < 1.29 is 13.2 Å². The fraction of sp³-hybridized carbons (Fsp3) is 0.500. The summed E-state index contributed by atoms with van der Waals surface area (Å²) in [4.78, 5) is 13.9. The lowest BCUT2D eigenvalue weighted by Gasteiger charge is -2.26. The average molecular weight is 296 g/mol. The van der Waals surface area contributed by atoms with Gasteiger partial charge in [0.2, 0.25) is 15.9 Å². The number of likely N-dealkylation sites (tertiary alicyclic amines) is 1. The number of carbonyl (C=O) groups excluding carboxylic acids is 1. The molecule has 0 radical (unpaired) electrons. The maximum atomic E-state index is 12.1. The van der Waals surface area contributed by atoms with Crippen LogP contribution in [0.15, 0.2) is 29.2 Å². The van der Waals surface area contributed by atoms with Crippen LogP contribution in [0.5, 0.6) is 0 Å². The van der Waals surface area contributed by atoms with Crippen molar-refractivity contribution in [3.8, 4) is 0 Å². The Labute approximate surface area is 120 Å². The molecule has 0 aromatic heterocycles. The van der Waals surface area contributed by atoms with Crippen LogP contribution in [0.25, 0.3) is 0 Å². The predicted octanol–water partition coefficient (Wildman–Crippen LogP) is 1.29. The maximum Gasteiger partial charge on any atom is 0.241 e. The van der Waals surface area contributed by atoms with Crippen molar-refractivity contribution in [1.29, 1.82) is 0 Å². The van der Waals surface area contributed by atoms with E-state index in [1.54, 1.807) is 17.0 Å². The third kappa shape index (κ3) is 3.80. The number of benzene rings is 1. The molecule has 20 heavy (non-hydrogen) atoms. The molecule has 5 nitrogen and oxygen atoms in total. The fourth-order valence-electron chi connectivity index (χ4n) is 2.28. The Bertz CT molecular complexity index is 578. The highest BCUT2D eigenvalue weighted by Crippen LogP contribution is 2.11. The molecule has 6 heteroatoms. The molecule has 0 spiro atoms. The van der Waals surface area contributed by atoms with E-state index >= 15 is 0 Å². The largest absolute Gasteiger partial charge is 0.342 e. The van der Waals surface area contributed by atoms with E-state index in [2.05, 4.69) is 4.72 Å². The molecule has 1 aromatic carbocycles. The second-order valence-corrected chi connectivity index (χ2v) is 6.85. The molecule has 1 aliphatic heterocycles. The standard InChI is InChI=1S/C14H20N2O3S/c1-12-6-5-7-13(10-12)20(18,19)15-11-14(17)16-8-3-2-4-9-16/h5-7,10,15H,2-4,8-9,11H2,1H3. The summed E-state index contributed by atoms with van der Waals surface area (Å²) in [6, 6.07) is 6.64. The molecule has 0 atom stereocenters. The lowest BCUT2D eigenvalue weighted by Crippen LogP contribution is -2.42. The molecule has 1 heterocycles. The summed E-state index contributed by atoms with van der Waals surface area (Å²) < 4.78 is 26.6. The summed E-state index contributed by atoms with van der Waals surface area (Å²) in [6.07, 6.45) is 3.13. The monoisotopic (exact) mass is 296 g/mol. The summed E-state index contributed by atoms with van der Waals surface area (Å²) in [7, 11) is -3.61. The van der Waals surface area contributed by atoms with Gasteiger partial charge in [0.1, 0.15) is 0 Å². The predicted molar refractivity (Wildman–Crippen MR) is 76.8 cm³/mol.